The molecule has 0 fully saturated rings. The lowest BCUT2D eigenvalue weighted by atomic mass is 10.2. The molecular weight excluding hydrogens is 322 g/mol. The van der Waals surface area contributed by atoms with Gasteiger partial charge in [0.25, 0.3) is 5.69 Å². The molecule has 0 aliphatic carbocycles. The molecule has 1 heterocycles. The molecular formula is C13H15N5O6-2. The van der Waals surface area contributed by atoms with Gasteiger partial charge in [0.1, 0.15) is 11.3 Å². The molecule has 0 amide bonds. The third-order valence-electron chi connectivity index (χ3n) is 2.81. The van der Waals surface area contributed by atoms with Crippen molar-refractivity contribution in [3.05, 3.63) is 50.6 Å². The van der Waals surface area contributed by atoms with E-state index in [1.54, 1.807) is 20.8 Å². The zero-order valence-electron chi connectivity index (χ0n) is 13.1. The summed E-state index contributed by atoms with van der Waals surface area (Å²) in [4.78, 5) is 22.4. The first-order chi connectivity index (χ1) is 11.1. The maximum Gasteiger partial charge on any atom is 0.357 e. The number of carbonyl (C=O) groups is 1. The highest BCUT2D eigenvalue weighted by molar-refractivity contribution is 5.89. The van der Waals surface area contributed by atoms with Crippen LogP contribution in [0.2, 0.25) is 0 Å². The predicted molar refractivity (Wildman–Crippen MR) is 85.0 cm³/mol. The summed E-state index contributed by atoms with van der Waals surface area (Å²) >= 11 is 0. The van der Waals surface area contributed by atoms with E-state index in [2.05, 4.69) is 11.0 Å². The maximum atomic E-state index is 12.0. The van der Waals surface area contributed by atoms with Gasteiger partial charge >= 0.3 is 5.97 Å². The number of hydrogen-bond acceptors (Lipinski definition) is 10. The summed E-state index contributed by atoms with van der Waals surface area (Å²) in [5, 5.41) is 33.1. The normalized spacial score (nSPS) is 14.0. The Bertz CT molecular complexity index is 697. The molecule has 2 rings (SSSR count). The van der Waals surface area contributed by atoms with E-state index in [-0.39, 0.29) is 11.4 Å². The van der Waals surface area contributed by atoms with E-state index in [0.717, 1.165) is 12.1 Å². The molecule has 0 saturated carbocycles. The number of rotatable bonds is 4. The van der Waals surface area contributed by atoms with Gasteiger partial charge in [-0.2, -0.15) is 0 Å². The molecule has 0 unspecified atom stereocenters. The summed E-state index contributed by atoms with van der Waals surface area (Å²) in [6.45, 7) is 5.10. The molecule has 1 aromatic carbocycles. The number of ether oxygens (including phenoxy) is 1. The van der Waals surface area contributed by atoms with Gasteiger partial charge in [-0.15, -0.1) is 5.53 Å². The molecule has 0 bridgehead atoms. The van der Waals surface area contributed by atoms with Gasteiger partial charge in [0.15, 0.2) is 5.70 Å². The summed E-state index contributed by atoms with van der Waals surface area (Å²) < 4.78 is 5.17. The van der Waals surface area contributed by atoms with Crippen LogP contribution >= 0.6 is 0 Å². The first-order valence-electron chi connectivity index (χ1n) is 6.77. The van der Waals surface area contributed by atoms with E-state index in [1.165, 1.54) is 17.3 Å². The van der Waals surface area contributed by atoms with Crippen molar-refractivity contribution in [1.82, 2.24) is 11.0 Å². The number of anilines is 2. The lowest BCUT2D eigenvalue weighted by Gasteiger charge is -2.37. The van der Waals surface area contributed by atoms with Gasteiger partial charge in [0.2, 0.25) is 0 Å². The van der Waals surface area contributed by atoms with Crippen LogP contribution in [0.1, 0.15) is 20.8 Å². The van der Waals surface area contributed by atoms with Crippen molar-refractivity contribution in [1.29, 1.82) is 0 Å². The fourth-order valence-corrected chi connectivity index (χ4v) is 1.86. The molecule has 11 nitrogen and oxygen atoms in total. The fraction of sp³-hybridized carbons (Fsp3) is 0.308. The molecule has 0 spiro atoms. The highest BCUT2D eigenvalue weighted by atomic mass is 16.8. The van der Waals surface area contributed by atoms with Crippen molar-refractivity contribution < 1.29 is 14.5 Å². The van der Waals surface area contributed by atoms with Gasteiger partial charge in [0.05, 0.1) is 11.1 Å². The number of hydrogen-bond donors (Lipinski definition) is 2. The average molecular weight is 337 g/mol. The van der Waals surface area contributed by atoms with Crippen LogP contribution in [0.5, 0.6) is 0 Å². The monoisotopic (exact) mass is 337 g/mol. The molecule has 1 aromatic rings. The van der Waals surface area contributed by atoms with E-state index < -0.39 is 33.1 Å². The minimum Gasteiger partial charge on any atom is -0.769 e. The SMILES string of the molecule is CC(C)(C)OC(=O)C1=CN(c2ccc(N([O-])[O-])cc2[N+](=O)[O-])NN1. The highest BCUT2D eigenvalue weighted by Crippen LogP contribution is 2.32. The number of nitro groups is 1. The maximum absolute atomic E-state index is 12.0. The smallest absolute Gasteiger partial charge is 0.357 e. The first-order valence-corrected chi connectivity index (χ1v) is 6.77. The topological polar surface area (TPSA) is 146 Å². The zero-order valence-corrected chi connectivity index (χ0v) is 13.1. The van der Waals surface area contributed by atoms with Crippen LogP contribution in [0, 0.1) is 20.5 Å². The van der Waals surface area contributed by atoms with Gasteiger partial charge in [-0.3, -0.25) is 20.5 Å². The van der Waals surface area contributed by atoms with Crippen LogP contribution in [0.3, 0.4) is 0 Å². The molecule has 2 N–H and O–H groups in total. The first kappa shape index (κ1) is 17.5. The molecule has 1 aliphatic rings. The largest absolute Gasteiger partial charge is 0.769 e. The quantitative estimate of drug-likeness (QED) is 0.469. The molecule has 0 aromatic heterocycles. The standard InChI is InChI=1S/C13H15N5O6/c1-13(2,3)24-12(19)9-7-16(15-14-9)10-5-4-8(17(20)21)6-11(10)18(22)23/h4-7,14-15H,1-3H3/q-2. The summed E-state index contributed by atoms with van der Waals surface area (Å²) in [6, 6.07) is 3.18. The van der Waals surface area contributed by atoms with E-state index in [1.807, 2.05) is 0 Å². The Kier molecular flexibility index (Phi) is 4.59. The number of nitrogens with one attached hydrogen (secondary N) is 2. The van der Waals surface area contributed by atoms with Crippen molar-refractivity contribution in [2.45, 2.75) is 26.4 Å². The second-order valence-corrected chi connectivity index (χ2v) is 5.84. The number of esters is 1. The van der Waals surface area contributed by atoms with E-state index in [9.17, 15) is 25.3 Å². The second kappa shape index (κ2) is 6.31. The molecule has 24 heavy (non-hydrogen) atoms. The Morgan fingerprint density at radius 2 is 2.00 bits per heavy atom. The van der Waals surface area contributed by atoms with Crippen LogP contribution in [-0.4, -0.2) is 16.5 Å². The Labute approximate surface area is 136 Å². The van der Waals surface area contributed by atoms with Gasteiger partial charge in [-0.25, -0.2) is 4.79 Å². The van der Waals surface area contributed by atoms with Gasteiger partial charge in [-0.05, 0) is 32.9 Å². The number of benzene rings is 1. The van der Waals surface area contributed by atoms with Crippen LogP contribution in [0.25, 0.3) is 0 Å². The van der Waals surface area contributed by atoms with E-state index >= 15 is 0 Å². The van der Waals surface area contributed by atoms with Crippen molar-refractivity contribution in [3.8, 4) is 0 Å². The predicted octanol–water partition coefficient (Wildman–Crippen LogP) is 1.41. The Hall–Kier alpha value is -2.89. The summed E-state index contributed by atoms with van der Waals surface area (Å²) in [6.07, 6.45) is 1.27. The molecule has 11 heteroatoms. The van der Waals surface area contributed by atoms with Gasteiger partial charge < -0.3 is 20.4 Å². The van der Waals surface area contributed by atoms with Crippen molar-refractivity contribution >= 4 is 23.0 Å². The number of hydrazine groups is 2. The second-order valence-electron chi connectivity index (χ2n) is 5.84. The Morgan fingerprint density at radius 3 is 2.54 bits per heavy atom. The summed E-state index contributed by atoms with van der Waals surface area (Å²) in [7, 11) is 0. The minimum atomic E-state index is -0.747. The summed E-state index contributed by atoms with van der Waals surface area (Å²) in [5.41, 5.74) is 3.55. The van der Waals surface area contributed by atoms with Crippen LogP contribution < -0.4 is 21.2 Å². The Morgan fingerprint density at radius 1 is 1.33 bits per heavy atom. The van der Waals surface area contributed by atoms with Crippen LogP contribution in [0.15, 0.2) is 30.1 Å². The van der Waals surface area contributed by atoms with Gasteiger partial charge in [0, 0.05) is 11.8 Å². The average Bonchev–Trinajstić information content (AvgIpc) is 2.94. The van der Waals surface area contributed by atoms with E-state index in [0.29, 0.717) is 0 Å². The number of carbonyl (C=O) groups excluding carboxylic acids is 1. The number of nitrogens with zero attached hydrogens (tertiary/aromatic N) is 3. The molecule has 130 valence electrons. The summed E-state index contributed by atoms with van der Waals surface area (Å²) in [5.74, 6) is -0.651. The van der Waals surface area contributed by atoms with E-state index in [4.69, 9.17) is 4.74 Å². The van der Waals surface area contributed by atoms with Gasteiger partial charge in [-0.1, -0.05) is 0 Å². The fourth-order valence-electron chi connectivity index (χ4n) is 1.86. The highest BCUT2D eigenvalue weighted by Gasteiger charge is 2.27. The lowest BCUT2D eigenvalue weighted by molar-refractivity contribution is -0.384. The van der Waals surface area contributed by atoms with Crippen molar-refractivity contribution in [2.75, 3.05) is 10.2 Å². The lowest BCUT2D eigenvalue weighted by Crippen LogP contribution is -2.38. The zero-order chi connectivity index (χ0) is 18.1. The molecule has 0 saturated heterocycles. The van der Waals surface area contributed by atoms with Crippen molar-refractivity contribution in [3.63, 3.8) is 0 Å². The molecule has 0 radical (unpaired) electrons. The molecule has 0 atom stereocenters. The Balaban J connectivity index is 2.30. The molecule has 1 aliphatic heterocycles. The van der Waals surface area contributed by atoms with Crippen molar-refractivity contribution in [2.24, 2.45) is 0 Å². The van der Waals surface area contributed by atoms with Crippen LogP contribution in [-0.2, 0) is 9.53 Å². The third-order valence-corrected chi connectivity index (χ3v) is 2.81. The minimum absolute atomic E-state index is 0.0247. The van der Waals surface area contributed by atoms with Crippen LogP contribution in [0.4, 0.5) is 17.1 Å². The number of nitro benzene ring substituents is 1. The third kappa shape index (κ3) is 3.90.